The second-order valence-corrected chi connectivity index (χ2v) is 4.57. The molecule has 0 aliphatic rings. The molecule has 4 nitrogen and oxygen atoms in total. The summed E-state index contributed by atoms with van der Waals surface area (Å²) in [6.07, 6.45) is 0.529. The third kappa shape index (κ3) is 2.91. The maximum atomic E-state index is 13.5. The lowest BCUT2D eigenvalue weighted by molar-refractivity contribution is 0.304. The Labute approximate surface area is 121 Å². The zero-order chi connectivity index (χ0) is 14.7. The summed E-state index contributed by atoms with van der Waals surface area (Å²) in [5, 5.41) is 0.934. The first-order valence-corrected chi connectivity index (χ1v) is 6.62. The van der Waals surface area contributed by atoms with Gasteiger partial charge in [0, 0.05) is 11.8 Å². The minimum absolute atomic E-state index is 0.231. The Kier molecular flexibility index (Phi) is 3.64. The van der Waals surface area contributed by atoms with E-state index < -0.39 is 0 Å². The van der Waals surface area contributed by atoms with Crippen molar-refractivity contribution in [2.24, 2.45) is 0 Å². The molecule has 0 aliphatic heterocycles. The maximum Gasteiger partial charge on any atom is 0.220 e. The molecule has 0 atom stereocenters. The van der Waals surface area contributed by atoms with Crippen LogP contribution in [-0.4, -0.2) is 16.6 Å². The number of rotatable bonds is 4. The highest BCUT2D eigenvalue weighted by Gasteiger charge is 2.07. The number of anilines is 1. The summed E-state index contributed by atoms with van der Waals surface area (Å²) in [6, 6.07) is 14.0. The smallest absolute Gasteiger partial charge is 0.220 e. The first-order chi connectivity index (χ1) is 10.2. The number of benzene rings is 2. The van der Waals surface area contributed by atoms with Gasteiger partial charge in [-0.25, -0.2) is 14.4 Å². The third-order valence-electron chi connectivity index (χ3n) is 3.13. The number of fused-ring (bicyclic) bond motifs is 1. The van der Waals surface area contributed by atoms with E-state index in [-0.39, 0.29) is 17.5 Å². The van der Waals surface area contributed by atoms with E-state index in [2.05, 4.69) is 9.97 Å². The van der Waals surface area contributed by atoms with Gasteiger partial charge in [0.2, 0.25) is 5.95 Å². The summed E-state index contributed by atoms with van der Waals surface area (Å²) in [5.74, 6) is 0.1000. The van der Waals surface area contributed by atoms with Crippen molar-refractivity contribution in [1.82, 2.24) is 9.97 Å². The second kappa shape index (κ2) is 5.75. The van der Waals surface area contributed by atoms with Crippen molar-refractivity contribution in [3.63, 3.8) is 0 Å². The highest BCUT2D eigenvalue weighted by Crippen LogP contribution is 2.19. The van der Waals surface area contributed by atoms with E-state index in [0.717, 1.165) is 16.6 Å². The minimum Gasteiger partial charge on any atom is -0.490 e. The highest BCUT2D eigenvalue weighted by molar-refractivity contribution is 5.81. The molecule has 0 aliphatic carbocycles. The number of aromatic nitrogens is 2. The van der Waals surface area contributed by atoms with Crippen LogP contribution in [0.25, 0.3) is 10.9 Å². The molecule has 0 spiro atoms. The van der Waals surface area contributed by atoms with E-state index in [9.17, 15) is 4.39 Å². The molecule has 106 valence electrons. The molecule has 0 saturated heterocycles. The predicted molar refractivity (Wildman–Crippen MR) is 79.5 cm³/mol. The van der Waals surface area contributed by atoms with E-state index in [1.807, 2.05) is 24.3 Å². The summed E-state index contributed by atoms with van der Waals surface area (Å²) >= 11 is 0. The van der Waals surface area contributed by atoms with Crippen LogP contribution in [-0.2, 0) is 6.42 Å². The quantitative estimate of drug-likeness (QED) is 0.799. The lowest BCUT2D eigenvalue weighted by Gasteiger charge is -2.09. The van der Waals surface area contributed by atoms with E-state index in [1.54, 1.807) is 18.2 Å². The first-order valence-electron chi connectivity index (χ1n) is 6.62. The fourth-order valence-corrected chi connectivity index (χ4v) is 2.17. The molecule has 0 bridgehead atoms. The van der Waals surface area contributed by atoms with Gasteiger partial charge in [0.05, 0.1) is 17.8 Å². The van der Waals surface area contributed by atoms with Crippen molar-refractivity contribution in [2.45, 2.75) is 6.42 Å². The van der Waals surface area contributed by atoms with Crippen LogP contribution in [0, 0.1) is 5.82 Å². The predicted octanol–water partition coefficient (Wildman–Crippen LogP) is 2.97. The van der Waals surface area contributed by atoms with E-state index in [4.69, 9.17) is 10.5 Å². The van der Waals surface area contributed by atoms with Crippen LogP contribution in [0.3, 0.4) is 0 Å². The summed E-state index contributed by atoms with van der Waals surface area (Å²) < 4.78 is 18.9. The van der Waals surface area contributed by atoms with Gasteiger partial charge < -0.3 is 10.5 Å². The first kappa shape index (κ1) is 13.3. The molecule has 0 fully saturated rings. The molecule has 3 aromatic rings. The molecule has 1 heterocycles. The van der Waals surface area contributed by atoms with Crippen LogP contribution in [0.1, 0.15) is 5.69 Å². The molecule has 3 rings (SSSR count). The molecule has 0 unspecified atom stereocenters. The number of hydrogen-bond acceptors (Lipinski definition) is 4. The van der Waals surface area contributed by atoms with Gasteiger partial charge >= 0.3 is 0 Å². The zero-order valence-electron chi connectivity index (χ0n) is 11.3. The van der Waals surface area contributed by atoms with Crippen LogP contribution in [0.4, 0.5) is 10.3 Å². The van der Waals surface area contributed by atoms with Crippen molar-refractivity contribution < 1.29 is 9.13 Å². The van der Waals surface area contributed by atoms with Gasteiger partial charge in [-0.05, 0) is 18.2 Å². The lowest BCUT2D eigenvalue weighted by Crippen LogP contribution is -2.07. The zero-order valence-corrected chi connectivity index (χ0v) is 11.3. The molecule has 0 saturated carbocycles. The maximum absolute atomic E-state index is 13.5. The number of nitrogens with zero attached hydrogens (tertiary/aromatic N) is 2. The highest BCUT2D eigenvalue weighted by atomic mass is 19.1. The fourth-order valence-electron chi connectivity index (χ4n) is 2.17. The number of ether oxygens (including phenoxy) is 1. The van der Waals surface area contributed by atoms with Gasteiger partial charge in [-0.1, -0.05) is 30.3 Å². The Morgan fingerprint density at radius 3 is 2.62 bits per heavy atom. The Balaban J connectivity index is 1.78. The van der Waals surface area contributed by atoms with Gasteiger partial charge in [0.25, 0.3) is 0 Å². The topological polar surface area (TPSA) is 61.0 Å². The molecule has 0 amide bonds. The molecule has 2 aromatic carbocycles. The van der Waals surface area contributed by atoms with Crippen LogP contribution < -0.4 is 10.5 Å². The van der Waals surface area contributed by atoms with E-state index in [0.29, 0.717) is 13.0 Å². The van der Waals surface area contributed by atoms with Crippen LogP contribution in [0.2, 0.25) is 0 Å². The average molecular weight is 283 g/mol. The Morgan fingerprint density at radius 1 is 1.00 bits per heavy atom. The Hall–Kier alpha value is -2.69. The summed E-state index contributed by atoms with van der Waals surface area (Å²) in [4.78, 5) is 8.43. The number of halogens is 1. The number of hydrogen-bond donors (Lipinski definition) is 1. The summed E-state index contributed by atoms with van der Waals surface area (Å²) in [5.41, 5.74) is 7.31. The van der Waals surface area contributed by atoms with Crippen LogP contribution >= 0.6 is 0 Å². The third-order valence-corrected chi connectivity index (χ3v) is 3.13. The van der Waals surface area contributed by atoms with Gasteiger partial charge in [-0.15, -0.1) is 0 Å². The van der Waals surface area contributed by atoms with E-state index in [1.165, 1.54) is 6.07 Å². The lowest BCUT2D eigenvalue weighted by atomic mass is 10.1. The fraction of sp³-hybridized carbons (Fsp3) is 0.125. The van der Waals surface area contributed by atoms with Crippen molar-refractivity contribution >= 4 is 16.9 Å². The molecule has 2 N–H and O–H groups in total. The molecule has 21 heavy (non-hydrogen) atoms. The minimum atomic E-state index is -0.371. The molecule has 1 aromatic heterocycles. The monoisotopic (exact) mass is 283 g/mol. The Morgan fingerprint density at radius 2 is 1.76 bits per heavy atom. The van der Waals surface area contributed by atoms with Gasteiger partial charge in [-0.2, -0.15) is 0 Å². The summed E-state index contributed by atoms with van der Waals surface area (Å²) in [6.45, 7) is 0.321. The Bertz CT molecular complexity index is 776. The van der Waals surface area contributed by atoms with Crippen molar-refractivity contribution in [1.29, 1.82) is 0 Å². The summed E-state index contributed by atoms with van der Waals surface area (Å²) in [7, 11) is 0. The van der Waals surface area contributed by atoms with Crippen molar-refractivity contribution in [3.05, 3.63) is 60.0 Å². The SMILES string of the molecule is Nc1nc(CCOc2ccccc2F)c2ccccc2n1. The number of nitrogen functional groups attached to an aromatic ring is 1. The molecular weight excluding hydrogens is 269 g/mol. The van der Waals surface area contributed by atoms with Gasteiger partial charge in [-0.3, -0.25) is 0 Å². The standard InChI is InChI=1S/C16H14FN3O/c17-12-6-2-4-8-15(12)21-10-9-14-11-5-1-3-7-13(11)19-16(18)20-14/h1-8H,9-10H2,(H2,18,19,20). The normalized spacial score (nSPS) is 10.7. The van der Waals surface area contributed by atoms with Crippen molar-refractivity contribution in [2.75, 3.05) is 12.3 Å². The number of nitrogens with two attached hydrogens (primary N) is 1. The van der Waals surface area contributed by atoms with Crippen molar-refractivity contribution in [3.8, 4) is 5.75 Å². The van der Waals surface area contributed by atoms with Gasteiger partial charge in [0.15, 0.2) is 11.6 Å². The second-order valence-electron chi connectivity index (χ2n) is 4.57. The van der Waals surface area contributed by atoms with Crippen LogP contribution in [0.5, 0.6) is 5.75 Å². The van der Waals surface area contributed by atoms with Gasteiger partial charge in [0.1, 0.15) is 0 Å². The largest absolute Gasteiger partial charge is 0.490 e. The average Bonchev–Trinajstić information content (AvgIpc) is 2.49. The molecular formula is C16H14FN3O. The molecule has 0 radical (unpaired) electrons. The van der Waals surface area contributed by atoms with E-state index >= 15 is 0 Å². The molecule has 5 heteroatoms. The van der Waals surface area contributed by atoms with Crippen LogP contribution in [0.15, 0.2) is 48.5 Å². The number of para-hydroxylation sites is 2.